The fraction of sp³-hybridized carbons (Fsp3) is 0.273. The number of halogens is 1. The van der Waals surface area contributed by atoms with Gasteiger partial charge in [0, 0.05) is 12.6 Å². The van der Waals surface area contributed by atoms with E-state index in [1.807, 2.05) is 12.2 Å². The van der Waals surface area contributed by atoms with Gasteiger partial charge in [-0.15, -0.1) is 11.3 Å². The minimum Gasteiger partial charge on any atom is -0.345 e. The number of allylic oxidation sites excluding steroid dienone is 2. The van der Waals surface area contributed by atoms with Crippen LogP contribution < -0.4 is 21.9 Å². The van der Waals surface area contributed by atoms with Crippen molar-refractivity contribution in [1.82, 2.24) is 21.2 Å². The SMILES string of the molecule is NCCc1nc(C(=O)NCC2=CC=CNN2)c(Cl)s1. The molecule has 0 radical (unpaired) electrons. The van der Waals surface area contributed by atoms with Crippen molar-refractivity contribution in [2.24, 2.45) is 5.73 Å². The first-order valence-corrected chi connectivity index (χ1v) is 6.91. The van der Waals surface area contributed by atoms with Gasteiger partial charge in [-0.2, -0.15) is 0 Å². The van der Waals surface area contributed by atoms with Gasteiger partial charge in [0.2, 0.25) is 0 Å². The van der Waals surface area contributed by atoms with Gasteiger partial charge in [-0.05, 0) is 18.7 Å². The summed E-state index contributed by atoms with van der Waals surface area (Å²) in [4.78, 5) is 16.1. The molecule has 2 rings (SSSR count). The number of nitrogens with zero attached hydrogens (tertiary/aromatic N) is 1. The summed E-state index contributed by atoms with van der Waals surface area (Å²) in [5.41, 5.74) is 12.3. The van der Waals surface area contributed by atoms with E-state index in [2.05, 4.69) is 21.2 Å². The van der Waals surface area contributed by atoms with Gasteiger partial charge in [0.15, 0.2) is 5.69 Å². The molecule has 1 amide bonds. The number of hydrogen-bond acceptors (Lipinski definition) is 6. The van der Waals surface area contributed by atoms with E-state index in [4.69, 9.17) is 17.3 Å². The number of rotatable bonds is 5. The summed E-state index contributed by atoms with van der Waals surface area (Å²) in [5.74, 6) is -0.290. The van der Waals surface area contributed by atoms with E-state index in [0.717, 1.165) is 10.7 Å². The van der Waals surface area contributed by atoms with E-state index in [0.29, 0.717) is 23.8 Å². The average Bonchev–Trinajstić information content (AvgIpc) is 2.79. The molecule has 1 aromatic heterocycles. The summed E-state index contributed by atoms with van der Waals surface area (Å²) in [5, 5.41) is 3.53. The van der Waals surface area contributed by atoms with Crippen molar-refractivity contribution in [3.05, 3.63) is 39.1 Å². The van der Waals surface area contributed by atoms with Crippen molar-refractivity contribution in [2.75, 3.05) is 13.1 Å². The number of hydrazine groups is 1. The summed E-state index contributed by atoms with van der Waals surface area (Å²) in [6, 6.07) is 0. The Morgan fingerprint density at radius 3 is 3.11 bits per heavy atom. The third-order valence-electron chi connectivity index (χ3n) is 2.35. The highest BCUT2D eigenvalue weighted by Gasteiger charge is 2.16. The Labute approximate surface area is 119 Å². The monoisotopic (exact) mass is 299 g/mol. The fourth-order valence-corrected chi connectivity index (χ4v) is 2.66. The van der Waals surface area contributed by atoms with Crippen LogP contribution in [0, 0.1) is 0 Å². The molecule has 0 aromatic carbocycles. The first-order chi connectivity index (χ1) is 9.20. The third-order valence-corrected chi connectivity index (χ3v) is 3.67. The van der Waals surface area contributed by atoms with Crippen molar-refractivity contribution in [1.29, 1.82) is 0 Å². The summed E-state index contributed by atoms with van der Waals surface area (Å²) in [7, 11) is 0. The molecule has 0 aliphatic carbocycles. The molecule has 0 saturated carbocycles. The highest BCUT2D eigenvalue weighted by Crippen LogP contribution is 2.24. The lowest BCUT2D eigenvalue weighted by Gasteiger charge is -2.13. The molecule has 8 heteroatoms. The van der Waals surface area contributed by atoms with Crippen LogP contribution in [0.3, 0.4) is 0 Å². The Hall–Kier alpha value is -1.57. The van der Waals surface area contributed by atoms with Crippen LogP contribution in [0.1, 0.15) is 15.5 Å². The van der Waals surface area contributed by atoms with E-state index in [1.54, 1.807) is 6.20 Å². The molecule has 0 bridgehead atoms. The zero-order chi connectivity index (χ0) is 13.7. The molecule has 19 heavy (non-hydrogen) atoms. The third kappa shape index (κ3) is 3.69. The van der Waals surface area contributed by atoms with Crippen LogP contribution in [0.25, 0.3) is 0 Å². The van der Waals surface area contributed by atoms with Crippen LogP contribution in [0.4, 0.5) is 0 Å². The van der Waals surface area contributed by atoms with Crippen molar-refractivity contribution in [3.8, 4) is 0 Å². The average molecular weight is 300 g/mol. The Bertz CT molecular complexity index is 525. The number of carbonyl (C=O) groups is 1. The number of nitrogens with one attached hydrogen (secondary N) is 3. The number of carbonyl (C=O) groups excluding carboxylic acids is 1. The highest BCUT2D eigenvalue weighted by molar-refractivity contribution is 7.16. The molecule has 1 aromatic rings. The Morgan fingerprint density at radius 2 is 2.42 bits per heavy atom. The molecule has 102 valence electrons. The maximum atomic E-state index is 11.9. The van der Waals surface area contributed by atoms with Crippen LogP contribution in [0.5, 0.6) is 0 Å². The number of aromatic nitrogens is 1. The van der Waals surface area contributed by atoms with E-state index in [-0.39, 0.29) is 11.6 Å². The molecule has 2 heterocycles. The minimum atomic E-state index is -0.290. The zero-order valence-corrected chi connectivity index (χ0v) is 11.6. The van der Waals surface area contributed by atoms with Crippen LogP contribution in [0.15, 0.2) is 24.0 Å². The number of hydrogen-bond donors (Lipinski definition) is 4. The summed E-state index contributed by atoms with van der Waals surface area (Å²) in [6.45, 7) is 0.857. The van der Waals surface area contributed by atoms with Gasteiger partial charge in [0.25, 0.3) is 5.91 Å². The molecule has 0 spiro atoms. The van der Waals surface area contributed by atoms with Crippen LogP contribution >= 0.6 is 22.9 Å². The predicted octanol–water partition coefficient (Wildman–Crippen LogP) is 0.533. The molecule has 0 saturated heterocycles. The number of thiazole rings is 1. The van der Waals surface area contributed by atoms with E-state index >= 15 is 0 Å². The Kier molecular flexibility index (Phi) is 4.78. The molecule has 1 aliphatic rings. The lowest BCUT2D eigenvalue weighted by Crippen LogP contribution is -2.36. The molecule has 6 nitrogen and oxygen atoms in total. The van der Waals surface area contributed by atoms with Gasteiger partial charge >= 0.3 is 0 Å². The van der Waals surface area contributed by atoms with Crippen molar-refractivity contribution in [2.45, 2.75) is 6.42 Å². The Morgan fingerprint density at radius 1 is 1.58 bits per heavy atom. The Balaban J connectivity index is 1.95. The zero-order valence-electron chi connectivity index (χ0n) is 10.1. The molecule has 5 N–H and O–H groups in total. The normalized spacial score (nSPS) is 13.5. The standard InChI is InChI=1S/C11H14ClN5OS/c12-10-9(16-8(19-10)3-4-13)11(18)14-6-7-2-1-5-15-17-7/h1-2,5,15,17H,3-4,6,13H2,(H,14,18). The molecular formula is C11H14ClN5OS. The molecule has 0 unspecified atom stereocenters. The van der Waals surface area contributed by atoms with Crippen molar-refractivity contribution in [3.63, 3.8) is 0 Å². The second-order valence-electron chi connectivity index (χ2n) is 3.77. The second-order valence-corrected chi connectivity index (χ2v) is 5.46. The molecule has 0 atom stereocenters. The maximum Gasteiger partial charge on any atom is 0.272 e. The van der Waals surface area contributed by atoms with E-state index in [1.165, 1.54) is 11.3 Å². The van der Waals surface area contributed by atoms with Crippen LogP contribution in [-0.4, -0.2) is 24.0 Å². The minimum absolute atomic E-state index is 0.259. The van der Waals surface area contributed by atoms with Crippen LogP contribution in [0.2, 0.25) is 4.34 Å². The van der Waals surface area contributed by atoms with Gasteiger partial charge < -0.3 is 21.9 Å². The van der Waals surface area contributed by atoms with Crippen molar-refractivity contribution >= 4 is 28.8 Å². The lowest BCUT2D eigenvalue weighted by molar-refractivity contribution is 0.0952. The number of amides is 1. The van der Waals surface area contributed by atoms with Gasteiger partial charge in [-0.3, -0.25) is 4.79 Å². The van der Waals surface area contributed by atoms with Crippen LogP contribution in [-0.2, 0) is 6.42 Å². The maximum absolute atomic E-state index is 11.9. The van der Waals surface area contributed by atoms with Gasteiger partial charge in [-0.1, -0.05) is 11.6 Å². The topological polar surface area (TPSA) is 92.1 Å². The summed E-state index contributed by atoms with van der Waals surface area (Å²) >= 11 is 7.29. The molecule has 0 fully saturated rings. The largest absolute Gasteiger partial charge is 0.345 e. The lowest BCUT2D eigenvalue weighted by atomic mass is 10.3. The first kappa shape index (κ1) is 13.9. The summed E-state index contributed by atoms with van der Waals surface area (Å²) < 4.78 is 0.393. The quantitative estimate of drug-likeness (QED) is 0.637. The van der Waals surface area contributed by atoms with Gasteiger partial charge in [0.1, 0.15) is 4.34 Å². The molecule has 1 aliphatic heterocycles. The molecular weight excluding hydrogens is 286 g/mol. The predicted molar refractivity (Wildman–Crippen MR) is 75.7 cm³/mol. The fourth-order valence-electron chi connectivity index (χ4n) is 1.46. The highest BCUT2D eigenvalue weighted by atomic mass is 35.5. The van der Waals surface area contributed by atoms with Crippen molar-refractivity contribution < 1.29 is 4.79 Å². The second kappa shape index (κ2) is 6.55. The van der Waals surface area contributed by atoms with Gasteiger partial charge in [-0.25, -0.2) is 4.98 Å². The number of nitrogens with two attached hydrogens (primary N) is 1. The summed E-state index contributed by atoms with van der Waals surface area (Å²) in [6.07, 6.45) is 6.08. The van der Waals surface area contributed by atoms with Gasteiger partial charge in [0.05, 0.1) is 17.2 Å². The van der Waals surface area contributed by atoms with E-state index in [9.17, 15) is 4.79 Å². The smallest absolute Gasteiger partial charge is 0.272 e. The first-order valence-electron chi connectivity index (χ1n) is 5.71. The van der Waals surface area contributed by atoms with E-state index < -0.39 is 0 Å².